The van der Waals surface area contributed by atoms with E-state index in [2.05, 4.69) is 0 Å². The minimum atomic E-state index is -0.0476. The minimum Gasteiger partial charge on any atom is -0.393 e. The van der Waals surface area contributed by atoms with Gasteiger partial charge in [-0.25, -0.2) is 0 Å². The van der Waals surface area contributed by atoms with Crippen molar-refractivity contribution in [3.8, 4) is 0 Å². The molecule has 0 radical (unpaired) electrons. The van der Waals surface area contributed by atoms with Gasteiger partial charge in [0.1, 0.15) is 0 Å². The second-order valence-corrected chi connectivity index (χ2v) is 6.10. The molecule has 3 nitrogen and oxygen atoms in total. The molecular weight excluding hydrogens is 216 g/mol. The Hall–Kier alpha value is -0.120. The fourth-order valence-corrected chi connectivity index (χ4v) is 3.35. The molecule has 1 heterocycles. The first kappa shape index (κ1) is 11.9. The molecule has 17 heavy (non-hydrogen) atoms. The average molecular weight is 240 g/mol. The summed E-state index contributed by atoms with van der Waals surface area (Å²) in [6.45, 7) is 1.82. The van der Waals surface area contributed by atoms with E-state index in [4.69, 9.17) is 9.47 Å². The molecule has 0 spiro atoms. The van der Waals surface area contributed by atoms with E-state index in [-0.39, 0.29) is 6.10 Å². The number of epoxide rings is 1. The molecule has 0 amide bonds. The number of aliphatic hydroxyl groups excluding tert-OH is 1. The second-order valence-electron chi connectivity index (χ2n) is 6.10. The molecule has 0 aromatic heterocycles. The Bertz CT molecular complexity index is 248. The van der Waals surface area contributed by atoms with Crippen molar-refractivity contribution in [2.75, 3.05) is 13.2 Å². The third-order valence-electron chi connectivity index (χ3n) is 4.64. The quantitative estimate of drug-likeness (QED) is 0.765. The van der Waals surface area contributed by atoms with Crippen LogP contribution in [0.15, 0.2) is 0 Å². The Kier molecular flexibility index (Phi) is 3.69. The standard InChI is InChI=1S/C14H24O3/c15-12-4-1-10(2-5-12)8-16-9-11-3-6-13-14(7-11)17-13/h10-15H,1-9H2. The molecule has 1 N–H and O–H groups in total. The maximum Gasteiger partial charge on any atom is 0.0845 e. The molecule has 0 aromatic rings. The zero-order chi connectivity index (χ0) is 11.7. The van der Waals surface area contributed by atoms with Crippen molar-refractivity contribution in [1.29, 1.82) is 0 Å². The van der Waals surface area contributed by atoms with Crippen LogP contribution >= 0.6 is 0 Å². The van der Waals surface area contributed by atoms with E-state index in [0.29, 0.717) is 18.1 Å². The Labute approximate surface area is 103 Å². The first-order valence-electron chi connectivity index (χ1n) is 7.22. The molecule has 2 saturated carbocycles. The summed E-state index contributed by atoms with van der Waals surface area (Å²) in [6, 6.07) is 0. The molecule has 1 saturated heterocycles. The summed E-state index contributed by atoms with van der Waals surface area (Å²) in [6.07, 6.45) is 9.08. The number of rotatable bonds is 4. The predicted octanol–water partition coefficient (Wildman–Crippen LogP) is 2.12. The van der Waals surface area contributed by atoms with Gasteiger partial charge in [-0.15, -0.1) is 0 Å². The molecule has 0 aromatic carbocycles. The van der Waals surface area contributed by atoms with Gasteiger partial charge in [0.15, 0.2) is 0 Å². The molecular formula is C14H24O3. The molecule has 1 aliphatic heterocycles. The highest BCUT2D eigenvalue weighted by molar-refractivity contribution is 4.91. The van der Waals surface area contributed by atoms with Crippen LogP contribution in [0.5, 0.6) is 0 Å². The van der Waals surface area contributed by atoms with Gasteiger partial charge in [0.2, 0.25) is 0 Å². The molecule has 2 aliphatic carbocycles. The van der Waals surface area contributed by atoms with Gasteiger partial charge in [-0.05, 0) is 56.8 Å². The lowest BCUT2D eigenvalue weighted by Crippen LogP contribution is -2.24. The van der Waals surface area contributed by atoms with Crippen LogP contribution in [-0.2, 0) is 9.47 Å². The van der Waals surface area contributed by atoms with Crippen LogP contribution in [0.1, 0.15) is 44.9 Å². The van der Waals surface area contributed by atoms with Gasteiger partial charge in [0.05, 0.1) is 18.3 Å². The van der Waals surface area contributed by atoms with E-state index in [0.717, 1.165) is 44.8 Å². The molecule has 3 fully saturated rings. The Balaban J connectivity index is 1.29. The van der Waals surface area contributed by atoms with Crippen molar-refractivity contribution in [3.05, 3.63) is 0 Å². The first-order chi connectivity index (χ1) is 8.31. The third kappa shape index (κ3) is 3.21. The van der Waals surface area contributed by atoms with Crippen molar-refractivity contribution in [1.82, 2.24) is 0 Å². The van der Waals surface area contributed by atoms with Gasteiger partial charge in [-0.3, -0.25) is 0 Å². The monoisotopic (exact) mass is 240 g/mol. The number of ether oxygens (including phenoxy) is 2. The average Bonchev–Trinajstić information content (AvgIpc) is 3.10. The zero-order valence-corrected chi connectivity index (χ0v) is 10.5. The van der Waals surface area contributed by atoms with Crippen LogP contribution in [0, 0.1) is 11.8 Å². The Morgan fingerprint density at radius 2 is 1.59 bits per heavy atom. The van der Waals surface area contributed by atoms with Crippen molar-refractivity contribution in [2.24, 2.45) is 11.8 Å². The maximum atomic E-state index is 9.44. The summed E-state index contributed by atoms with van der Waals surface area (Å²) in [5.41, 5.74) is 0. The summed E-state index contributed by atoms with van der Waals surface area (Å²) in [7, 11) is 0. The number of aliphatic hydroxyl groups is 1. The first-order valence-corrected chi connectivity index (χ1v) is 7.22. The smallest absolute Gasteiger partial charge is 0.0845 e. The predicted molar refractivity (Wildman–Crippen MR) is 64.8 cm³/mol. The zero-order valence-electron chi connectivity index (χ0n) is 10.5. The summed E-state index contributed by atoms with van der Waals surface area (Å²) in [4.78, 5) is 0. The van der Waals surface area contributed by atoms with Crippen molar-refractivity contribution < 1.29 is 14.6 Å². The Morgan fingerprint density at radius 3 is 2.35 bits per heavy atom. The van der Waals surface area contributed by atoms with Crippen LogP contribution < -0.4 is 0 Å². The highest BCUT2D eigenvalue weighted by Gasteiger charge is 2.43. The van der Waals surface area contributed by atoms with Crippen LogP contribution in [0.25, 0.3) is 0 Å². The molecule has 3 aliphatic rings. The van der Waals surface area contributed by atoms with Gasteiger partial charge in [0.25, 0.3) is 0 Å². The minimum absolute atomic E-state index is 0.0476. The molecule has 3 heteroatoms. The summed E-state index contributed by atoms with van der Waals surface area (Å²) in [5, 5.41) is 9.44. The molecule has 0 bridgehead atoms. The number of hydrogen-bond donors (Lipinski definition) is 1. The van der Waals surface area contributed by atoms with E-state index in [9.17, 15) is 5.11 Å². The van der Waals surface area contributed by atoms with E-state index in [1.807, 2.05) is 0 Å². The third-order valence-corrected chi connectivity index (χ3v) is 4.64. The van der Waals surface area contributed by atoms with E-state index in [1.165, 1.54) is 19.3 Å². The largest absolute Gasteiger partial charge is 0.393 e. The van der Waals surface area contributed by atoms with Gasteiger partial charge in [0, 0.05) is 13.2 Å². The van der Waals surface area contributed by atoms with E-state index < -0.39 is 0 Å². The second kappa shape index (κ2) is 5.25. The van der Waals surface area contributed by atoms with Crippen molar-refractivity contribution in [3.63, 3.8) is 0 Å². The van der Waals surface area contributed by atoms with Gasteiger partial charge in [-0.2, -0.15) is 0 Å². The maximum absolute atomic E-state index is 9.44. The summed E-state index contributed by atoms with van der Waals surface area (Å²) >= 11 is 0. The van der Waals surface area contributed by atoms with Crippen molar-refractivity contribution in [2.45, 2.75) is 63.3 Å². The number of hydrogen-bond acceptors (Lipinski definition) is 3. The fourth-order valence-electron chi connectivity index (χ4n) is 3.35. The highest BCUT2D eigenvalue weighted by Crippen LogP contribution is 2.39. The fraction of sp³-hybridized carbons (Fsp3) is 1.00. The lowest BCUT2D eigenvalue weighted by atomic mass is 9.88. The molecule has 3 rings (SSSR count). The van der Waals surface area contributed by atoms with Gasteiger partial charge >= 0.3 is 0 Å². The SMILES string of the molecule is OC1CCC(COCC2CCC3OC3C2)CC1. The molecule has 98 valence electrons. The van der Waals surface area contributed by atoms with E-state index in [1.54, 1.807) is 0 Å². The van der Waals surface area contributed by atoms with Crippen LogP contribution in [-0.4, -0.2) is 36.6 Å². The topological polar surface area (TPSA) is 42.0 Å². The lowest BCUT2D eigenvalue weighted by Gasteiger charge is -2.26. The normalized spacial score (nSPS) is 45.4. The Morgan fingerprint density at radius 1 is 0.882 bits per heavy atom. The van der Waals surface area contributed by atoms with E-state index >= 15 is 0 Å². The number of fused-ring (bicyclic) bond motifs is 1. The summed E-state index contributed by atoms with van der Waals surface area (Å²) in [5.74, 6) is 1.42. The molecule has 3 unspecified atom stereocenters. The van der Waals surface area contributed by atoms with Crippen LogP contribution in [0.3, 0.4) is 0 Å². The highest BCUT2D eigenvalue weighted by atomic mass is 16.6. The summed E-state index contributed by atoms with van der Waals surface area (Å²) < 4.78 is 11.4. The van der Waals surface area contributed by atoms with Gasteiger partial charge in [-0.1, -0.05) is 0 Å². The lowest BCUT2D eigenvalue weighted by molar-refractivity contribution is 0.0324. The van der Waals surface area contributed by atoms with Crippen molar-refractivity contribution >= 4 is 0 Å². The molecule has 3 atom stereocenters. The van der Waals surface area contributed by atoms with Crippen LogP contribution in [0.4, 0.5) is 0 Å². The van der Waals surface area contributed by atoms with Crippen LogP contribution in [0.2, 0.25) is 0 Å². The van der Waals surface area contributed by atoms with Gasteiger partial charge < -0.3 is 14.6 Å².